The summed E-state index contributed by atoms with van der Waals surface area (Å²) in [6.45, 7) is 12.9. The fourth-order valence-electron chi connectivity index (χ4n) is 5.23. The van der Waals surface area contributed by atoms with Gasteiger partial charge in [-0.1, -0.05) is 12.6 Å². The Morgan fingerprint density at radius 2 is 2.00 bits per heavy atom. The maximum Gasteiger partial charge on any atom is 0.312 e. The number of fused-ring (bicyclic) bond motifs is 2. The minimum Gasteiger partial charge on any atom is -0.498 e. The van der Waals surface area contributed by atoms with Gasteiger partial charge < -0.3 is 28.8 Å². The second kappa shape index (κ2) is 8.95. The van der Waals surface area contributed by atoms with E-state index in [1.165, 1.54) is 0 Å². The quantitative estimate of drug-likeness (QED) is 0.437. The largest absolute Gasteiger partial charge is 0.498 e. The van der Waals surface area contributed by atoms with E-state index in [2.05, 4.69) is 22.0 Å². The van der Waals surface area contributed by atoms with E-state index in [1.54, 1.807) is 23.7 Å². The number of aromatic nitrogens is 3. The average Bonchev–Trinajstić information content (AvgIpc) is 3.56. The van der Waals surface area contributed by atoms with Crippen LogP contribution in [0.15, 0.2) is 39.5 Å². The van der Waals surface area contributed by atoms with E-state index in [4.69, 9.17) is 25.7 Å². The third-order valence-corrected chi connectivity index (χ3v) is 7.30. The number of hydrogen-bond donors (Lipinski definition) is 1. The zero-order valence-corrected chi connectivity index (χ0v) is 20.5. The zero-order chi connectivity index (χ0) is 24.8. The lowest BCUT2D eigenvalue weighted by atomic mass is 9.96. The smallest absolute Gasteiger partial charge is 0.312 e. The second-order valence-electron chi connectivity index (χ2n) is 9.73. The van der Waals surface area contributed by atoms with E-state index in [-0.39, 0.29) is 23.4 Å². The molecule has 2 saturated heterocycles. The molecule has 3 aromatic heterocycles. The van der Waals surface area contributed by atoms with Crippen LogP contribution < -0.4 is 20.5 Å². The van der Waals surface area contributed by atoms with Crippen molar-refractivity contribution in [2.45, 2.75) is 38.2 Å². The van der Waals surface area contributed by atoms with Crippen LogP contribution in [-0.2, 0) is 7.05 Å². The molecule has 184 valence electrons. The molecule has 9 heteroatoms. The summed E-state index contributed by atoms with van der Waals surface area (Å²) >= 11 is 0. The molecule has 1 unspecified atom stereocenters. The highest BCUT2D eigenvalue weighted by atomic mass is 16.5. The Balaban J connectivity index is 1.30. The first-order valence-corrected chi connectivity index (χ1v) is 12.4. The molecular weight excluding hydrogens is 456 g/mol. The van der Waals surface area contributed by atoms with Gasteiger partial charge in [-0.05, 0) is 56.5 Å². The van der Waals surface area contributed by atoms with Crippen LogP contribution in [0.4, 0.5) is 11.5 Å². The number of oxazole rings is 1. The van der Waals surface area contributed by atoms with Crippen molar-refractivity contribution in [2.24, 2.45) is 7.05 Å². The summed E-state index contributed by atoms with van der Waals surface area (Å²) in [5, 5.41) is 3.27. The van der Waals surface area contributed by atoms with Crippen LogP contribution in [0, 0.1) is 13.5 Å². The molecule has 4 aromatic rings. The minimum absolute atomic E-state index is 0.000220. The van der Waals surface area contributed by atoms with E-state index in [9.17, 15) is 4.79 Å². The maximum atomic E-state index is 12.9. The number of piperidine rings is 1. The van der Waals surface area contributed by atoms with Gasteiger partial charge in [-0.15, -0.1) is 4.98 Å². The van der Waals surface area contributed by atoms with Crippen LogP contribution in [0.1, 0.15) is 36.6 Å². The van der Waals surface area contributed by atoms with Gasteiger partial charge in [0.05, 0.1) is 11.2 Å². The first kappa shape index (κ1) is 22.6. The number of benzene rings is 1. The predicted octanol–water partition coefficient (Wildman–Crippen LogP) is 4.06. The SMILES string of the molecule is [C-]#[N+]c1nc2c(N3CCC(c4nc5cc(C)ccc5o4)CC3)cc(=O)n(C)c2cc1OC1CCNC1. The Morgan fingerprint density at radius 1 is 1.17 bits per heavy atom. The molecule has 0 saturated carbocycles. The first-order chi connectivity index (χ1) is 17.5. The molecular formula is C27H28N6O3. The van der Waals surface area contributed by atoms with Crippen LogP contribution in [0.3, 0.4) is 0 Å². The van der Waals surface area contributed by atoms with Crippen molar-refractivity contribution in [3.63, 3.8) is 0 Å². The minimum atomic E-state index is -0.111. The van der Waals surface area contributed by atoms with Crippen molar-refractivity contribution in [3.05, 3.63) is 63.6 Å². The number of rotatable bonds is 4. The second-order valence-corrected chi connectivity index (χ2v) is 9.73. The van der Waals surface area contributed by atoms with E-state index < -0.39 is 0 Å². The Hall–Kier alpha value is -3.90. The summed E-state index contributed by atoms with van der Waals surface area (Å²) in [4.78, 5) is 28.2. The molecule has 9 nitrogen and oxygen atoms in total. The number of nitrogens with zero attached hydrogens (tertiary/aromatic N) is 5. The van der Waals surface area contributed by atoms with E-state index in [0.29, 0.717) is 16.8 Å². The third kappa shape index (κ3) is 3.97. The Kier molecular flexibility index (Phi) is 5.61. The van der Waals surface area contributed by atoms with E-state index in [1.807, 2.05) is 18.2 Å². The first-order valence-electron chi connectivity index (χ1n) is 12.4. The van der Waals surface area contributed by atoms with Gasteiger partial charge in [0.15, 0.2) is 11.5 Å². The number of pyridine rings is 2. The van der Waals surface area contributed by atoms with Crippen LogP contribution in [0.5, 0.6) is 5.75 Å². The summed E-state index contributed by atoms with van der Waals surface area (Å²) in [6, 6.07) is 9.49. The third-order valence-electron chi connectivity index (χ3n) is 7.30. The lowest BCUT2D eigenvalue weighted by Crippen LogP contribution is -2.34. The molecule has 1 aromatic carbocycles. The van der Waals surface area contributed by atoms with Crippen molar-refractivity contribution in [1.82, 2.24) is 19.9 Å². The zero-order valence-electron chi connectivity index (χ0n) is 20.5. The number of ether oxygens (including phenoxy) is 1. The van der Waals surface area contributed by atoms with Crippen LogP contribution >= 0.6 is 0 Å². The highest BCUT2D eigenvalue weighted by Crippen LogP contribution is 2.37. The normalized spacial score (nSPS) is 18.7. The van der Waals surface area contributed by atoms with Crippen LogP contribution in [0.25, 0.3) is 27.0 Å². The molecule has 0 aliphatic carbocycles. The lowest BCUT2D eigenvalue weighted by molar-refractivity contribution is 0.224. The molecule has 0 amide bonds. The van der Waals surface area contributed by atoms with Crippen molar-refractivity contribution >= 4 is 33.6 Å². The Labute approximate surface area is 208 Å². The number of hydrogen-bond acceptors (Lipinski definition) is 7. The molecule has 1 N–H and O–H groups in total. The molecule has 2 aliphatic heterocycles. The summed E-state index contributed by atoms with van der Waals surface area (Å²) in [7, 11) is 1.73. The molecule has 6 rings (SSSR count). The fourth-order valence-corrected chi connectivity index (χ4v) is 5.23. The highest BCUT2D eigenvalue weighted by Gasteiger charge is 2.28. The fraction of sp³-hybridized carbons (Fsp3) is 0.407. The monoisotopic (exact) mass is 484 g/mol. The maximum absolute atomic E-state index is 12.9. The van der Waals surface area contributed by atoms with E-state index >= 15 is 0 Å². The summed E-state index contributed by atoms with van der Waals surface area (Å²) in [6.07, 6.45) is 2.59. The average molecular weight is 485 g/mol. The number of anilines is 1. The van der Waals surface area contributed by atoms with Gasteiger partial charge in [0.1, 0.15) is 17.4 Å². The van der Waals surface area contributed by atoms with Gasteiger partial charge in [-0.25, -0.2) is 4.98 Å². The predicted molar refractivity (Wildman–Crippen MR) is 138 cm³/mol. The van der Waals surface area contributed by atoms with Crippen LogP contribution in [-0.4, -0.2) is 46.8 Å². The van der Waals surface area contributed by atoms with Gasteiger partial charge in [0, 0.05) is 38.7 Å². The van der Waals surface area contributed by atoms with E-state index in [0.717, 1.165) is 73.7 Å². The molecule has 2 aliphatic rings. The van der Waals surface area contributed by atoms with Gasteiger partial charge in [-0.2, -0.15) is 0 Å². The molecule has 5 heterocycles. The van der Waals surface area contributed by atoms with Crippen molar-refractivity contribution < 1.29 is 9.15 Å². The summed E-state index contributed by atoms with van der Waals surface area (Å²) in [5.41, 5.74) is 4.84. The number of aryl methyl sites for hydroxylation is 2. The van der Waals surface area contributed by atoms with Crippen molar-refractivity contribution in [3.8, 4) is 5.75 Å². The van der Waals surface area contributed by atoms with Gasteiger partial charge in [0.2, 0.25) is 5.52 Å². The van der Waals surface area contributed by atoms with Crippen molar-refractivity contribution in [2.75, 3.05) is 31.1 Å². The Morgan fingerprint density at radius 3 is 2.75 bits per heavy atom. The van der Waals surface area contributed by atoms with Gasteiger partial charge >= 0.3 is 5.82 Å². The molecule has 0 bridgehead atoms. The van der Waals surface area contributed by atoms with Crippen LogP contribution in [0.2, 0.25) is 0 Å². The molecule has 0 spiro atoms. The Bertz CT molecular complexity index is 1550. The topological polar surface area (TPSA) is 89.8 Å². The summed E-state index contributed by atoms with van der Waals surface area (Å²) in [5.74, 6) is 1.66. The molecule has 36 heavy (non-hydrogen) atoms. The van der Waals surface area contributed by atoms with Gasteiger partial charge in [0.25, 0.3) is 5.56 Å². The molecule has 0 radical (unpaired) electrons. The molecule has 1 atom stereocenters. The lowest BCUT2D eigenvalue weighted by Gasteiger charge is -2.32. The van der Waals surface area contributed by atoms with Crippen molar-refractivity contribution in [1.29, 1.82) is 0 Å². The highest BCUT2D eigenvalue weighted by molar-refractivity contribution is 5.91. The van der Waals surface area contributed by atoms with Gasteiger partial charge in [-0.3, -0.25) is 4.79 Å². The molecule has 2 fully saturated rings. The summed E-state index contributed by atoms with van der Waals surface area (Å²) < 4.78 is 13.7. The number of nitrogens with one attached hydrogen (secondary N) is 1. The standard InChI is InChI=1S/C27H28N6O3/c1-16-4-5-22-19(12-16)30-27(36-22)17-7-10-33(11-8-17)21-14-24(34)32(3)20-13-23(26(28-2)31-25(20)21)35-18-6-9-29-15-18/h4-5,12-14,17-18,29H,6-11,15H2,1,3H3.